The summed E-state index contributed by atoms with van der Waals surface area (Å²) in [6.07, 6.45) is 0. The number of dihydropyridines is 1. The number of methoxy groups -OCH3 is 1. The zero-order valence-corrected chi connectivity index (χ0v) is 20.8. The van der Waals surface area contributed by atoms with Gasteiger partial charge in [0.2, 0.25) is 5.95 Å². The first-order valence-electron chi connectivity index (χ1n) is 10.6. The predicted octanol–water partition coefficient (Wildman–Crippen LogP) is 2.48. The molecule has 11 nitrogen and oxygen atoms in total. The molecule has 1 unspecified atom stereocenters. The molecule has 0 saturated carbocycles. The van der Waals surface area contributed by atoms with Crippen molar-refractivity contribution in [1.29, 1.82) is 0 Å². The van der Waals surface area contributed by atoms with E-state index in [4.69, 9.17) is 37.4 Å². The average Bonchev–Trinajstić information content (AvgIpc) is 3.24. The smallest absolute Gasteiger partial charge is 0.342 e. The van der Waals surface area contributed by atoms with Crippen LogP contribution in [-0.2, 0) is 23.8 Å². The highest BCUT2D eigenvalue weighted by molar-refractivity contribution is 6.42. The van der Waals surface area contributed by atoms with Crippen molar-refractivity contribution >= 4 is 41.1 Å². The number of rotatable bonds is 10. The van der Waals surface area contributed by atoms with Gasteiger partial charge in [0, 0.05) is 12.2 Å². The number of nitrogens with one attached hydrogen (secondary N) is 4. The number of aromatic nitrogens is 3. The number of esters is 2. The molecule has 0 radical (unpaired) electrons. The van der Waals surface area contributed by atoms with E-state index < -0.39 is 23.5 Å². The van der Waals surface area contributed by atoms with E-state index in [2.05, 4.69) is 25.8 Å². The van der Waals surface area contributed by atoms with Gasteiger partial charge in [0.15, 0.2) is 0 Å². The van der Waals surface area contributed by atoms with Crippen LogP contribution in [0, 0.1) is 0 Å². The fraction of sp³-hybridized carbons (Fsp3) is 0.364. The van der Waals surface area contributed by atoms with Gasteiger partial charge in [-0.3, -0.25) is 4.98 Å². The molecule has 3 rings (SSSR count). The van der Waals surface area contributed by atoms with Crippen molar-refractivity contribution in [1.82, 2.24) is 20.5 Å². The normalized spacial score (nSPS) is 15.6. The third-order valence-corrected chi connectivity index (χ3v) is 5.96. The lowest BCUT2D eigenvalue weighted by Gasteiger charge is -2.31. The Morgan fingerprint density at radius 3 is 2.63 bits per heavy atom. The van der Waals surface area contributed by atoms with Crippen LogP contribution in [0.3, 0.4) is 0 Å². The van der Waals surface area contributed by atoms with Gasteiger partial charge in [-0.2, -0.15) is 0 Å². The first-order chi connectivity index (χ1) is 16.8. The van der Waals surface area contributed by atoms with Crippen LogP contribution in [0.15, 0.2) is 45.5 Å². The van der Waals surface area contributed by atoms with Crippen LogP contribution < -0.4 is 16.3 Å². The molecule has 2 heterocycles. The molecule has 0 saturated heterocycles. The van der Waals surface area contributed by atoms with Crippen molar-refractivity contribution in [3.63, 3.8) is 0 Å². The summed E-state index contributed by atoms with van der Waals surface area (Å²) >= 11 is 12.8. The first kappa shape index (κ1) is 26.3. The fourth-order valence-electron chi connectivity index (χ4n) is 3.66. The molecule has 0 fully saturated rings. The van der Waals surface area contributed by atoms with Gasteiger partial charge in [-0.1, -0.05) is 35.3 Å². The molecule has 1 aliphatic heterocycles. The Morgan fingerprint density at radius 1 is 1.20 bits per heavy atom. The fourth-order valence-corrected chi connectivity index (χ4v) is 4.08. The first-order valence-corrected chi connectivity index (χ1v) is 11.4. The SMILES string of the molecule is CCOC(=O)C1=C(COCCNc2n[nH]c(=O)[nH]2)NC(C)=C(C(=O)OC)C1c1cccc(Cl)c1Cl. The van der Waals surface area contributed by atoms with Gasteiger partial charge in [-0.05, 0) is 25.5 Å². The second-order valence-electron chi connectivity index (χ2n) is 7.35. The van der Waals surface area contributed by atoms with Crippen LogP contribution in [0.25, 0.3) is 0 Å². The quantitative estimate of drug-likeness (QED) is 0.271. The maximum atomic E-state index is 13.1. The molecule has 1 aliphatic rings. The van der Waals surface area contributed by atoms with E-state index in [0.717, 1.165) is 0 Å². The summed E-state index contributed by atoms with van der Waals surface area (Å²) < 4.78 is 16.1. The molecule has 188 valence electrons. The number of carbonyl (C=O) groups is 2. The molecule has 0 spiro atoms. The average molecular weight is 526 g/mol. The largest absolute Gasteiger partial charge is 0.466 e. The number of carbonyl (C=O) groups excluding carboxylic acids is 2. The Bertz CT molecular complexity index is 1220. The molecule has 1 aromatic carbocycles. The van der Waals surface area contributed by atoms with Crippen molar-refractivity contribution in [3.8, 4) is 0 Å². The summed E-state index contributed by atoms with van der Waals surface area (Å²) in [6, 6.07) is 4.98. The molecule has 2 aromatic rings. The van der Waals surface area contributed by atoms with Crippen molar-refractivity contribution < 1.29 is 23.8 Å². The van der Waals surface area contributed by atoms with Crippen LogP contribution >= 0.6 is 23.2 Å². The Balaban J connectivity index is 1.94. The van der Waals surface area contributed by atoms with Crippen molar-refractivity contribution in [2.75, 3.05) is 38.8 Å². The number of hydrogen-bond donors (Lipinski definition) is 4. The van der Waals surface area contributed by atoms with Gasteiger partial charge >= 0.3 is 17.6 Å². The summed E-state index contributed by atoms with van der Waals surface area (Å²) in [5.74, 6) is -1.89. The minimum atomic E-state index is -0.903. The summed E-state index contributed by atoms with van der Waals surface area (Å²) in [5.41, 5.74) is 1.25. The highest BCUT2D eigenvalue weighted by Gasteiger charge is 2.40. The molecule has 0 aliphatic carbocycles. The summed E-state index contributed by atoms with van der Waals surface area (Å²) in [6.45, 7) is 4.02. The van der Waals surface area contributed by atoms with E-state index >= 15 is 0 Å². The van der Waals surface area contributed by atoms with Crippen LogP contribution in [0.2, 0.25) is 10.0 Å². The van der Waals surface area contributed by atoms with E-state index in [9.17, 15) is 14.4 Å². The molecule has 4 N–H and O–H groups in total. The van der Waals surface area contributed by atoms with Crippen LogP contribution in [0.4, 0.5) is 5.95 Å². The predicted molar refractivity (Wildman–Crippen MR) is 129 cm³/mol. The van der Waals surface area contributed by atoms with Crippen molar-refractivity contribution in [2.24, 2.45) is 0 Å². The van der Waals surface area contributed by atoms with Gasteiger partial charge in [-0.25, -0.2) is 19.5 Å². The number of halogens is 2. The van der Waals surface area contributed by atoms with Crippen LogP contribution in [0.1, 0.15) is 25.3 Å². The second-order valence-corrected chi connectivity index (χ2v) is 8.13. The van der Waals surface area contributed by atoms with Gasteiger partial charge in [0.25, 0.3) is 0 Å². The number of allylic oxidation sites excluding steroid dienone is 1. The van der Waals surface area contributed by atoms with Gasteiger partial charge in [-0.15, -0.1) is 5.10 Å². The number of anilines is 1. The Hall–Kier alpha value is -3.28. The van der Waals surface area contributed by atoms with Gasteiger partial charge in [0.1, 0.15) is 0 Å². The van der Waals surface area contributed by atoms with Gasteiger partial charge < -0.3 is 24.8 Å². The number of ether oxygens (including phenoxy) is 3. The van der Waals surface area contributed by atoms with Gasteiger partial charge in [0.05, 0.1) is 59.7 Å². The number of aromatic amines is 2. The Morgan fingerprint density at radius 2 is 1.97 bits per heavy atom. The molecule has 0 bridgehead atoms. The molecule has 1 atom stereocenters. The summed E-state index contributed by atoms with van der Waals surface area (Å²) in [7, 11) is 1.26. The monoisotopic (exact) mass is 525 g/mol. The van der Waals surface area contributed by atoms with E-state index in [-0.39, 0.29) is 47.0 Å². The van der Waals surface area contributed by atoms with E-state index in [1.807, 2.05) is 0 Å². The Labute approximate surface area is 210 Å². The number of hydrogen-bond acceptors (Lipinski definition) is 9. The summed E-state index contributed by atoms with van der Waals surface area (Å²) in [5, 5.41) is 12.4. The van der Waals surface area contributed by atoms with Crippen LogP contribution in [0.5, 0.6) is 0 Å². The maximum Gasteiger partial charge on any atom is 0.342 e. The summed E-state index contributed by atoms with van der Waals surface area (Å²) in [4.78, 5) is 39.5. The Kier molecular flexibility index (Phi) is 8.96. The number of benzene rings is 1. The van der Waals surface area contributed by atoms with E-state index in [1.165, 1.54) is 7.11 Å². The lowest BCUT2D eigenvalue weighted by atomic mass is 9.80. The minimum Gasteiger partial charge on any atom is -0.466 e. The standard InChI is InChI=1S/C22H25Cl2N5O6/c1-4-35-20(31)17-14(10-34-9-8-25-21-27-22(32)29-28-21)26-11(2)15(19(30)33-3)16(17)12-6-5-7-13(23)18(12)24/h5-7,16,26H,4,8-10H2,1-3H3,(H3,25,27,28,29,32). The zero-order valence-electron chi connectivity index (χ0n) is 19.3. The second kappa shape index (κ2) is 11.9. The maximum absolute atomic E-state index is 13.1. The van der Waals surface area contributed by atoms with Crippen LogP contribution in [-0.4, -0.2) is 60.6 Å². The molecular weight excluding hydrogens is 501 g/mol. The third-order valence-electron chi connectivity index (χ3n) is 5.12. The molecular formula is C22H25Cl2N5O6. The topological polar surface area (TPSA) is 147 Å². The lowest BCUT2D eigenvalue weighted by molar-refractivity contribution is -0.139. The molecule has 0 amide bonds. The highest BCUT2D eigenvalue weighted by atomic mass is 35.5. The molecule has 35 heavy (non-hydrogen) atoms. The highest BCUT2D eigenvalue weighted by Crippen LogP contribution is 2.43. The van der Waals surface area contributed by atoms with Crippen molar-refractivity contribution in [2.45, 2.75) is 19.8 Å². The minimum absolute atomic E-state index is 0.00656. The zero-order chi connectivity index (χ0) is 25.5. The third kappa shape index (κ3) is 6.05. The van der Waals surface area contributed by atoms with E-state index in [0.29, 0.717) is 23.5 Å². The van der Waals surface area contributed by atoms with E-state index in [1.54, 1.807) is 32.0 Å². The number of H-pyrrole nitrogens is 2. The molecule has 1 aromatic heterocycles. The van der Waals surface area contributed by atoms with Crippen molar-refractivity contribution in [3.05, 3.63) is 66.8 Å². The lowest BCUT2D eigenvalue weighted by Crippen LogP contribution is -2.35. The number of nitrogens with zero attached hydrogens (tertiary/aromatic N) is 1. The molecule has 13 heteroatoms.